The van der Waals surface area contributed by atoms with Crippen LogP contribution in [0.4, 0.5) is 0 Å². The highest BCUT2D eigenvalue weighted by atomic mass is 16.5. The Morgan fingerprint density at radius 3 is 2.20 bits per heavy atom. The predicted octanol–water partition coefficient (Wildman–Crippen LogP) is 5.42. The van der Waals surface area contributed by atoms with Crippen molar-refractivity contribution in [3.05, 3.63) is 95.2 Å². The zero-order chi connectivity index (χ0) is 17.4. The van der Waals surface area contributed by atoms with E-state index in [-0.39, 0.29) is 0 Å². The molecular weight excluding hydrogens is 306 g/mol. The van der Waals surface area contributed by atoms with Crippen LogP contribution in [0.3, 0.4) is 0 Å². The number of rotatable bonds is 2. The lowest BCUT2D eigenvalue weighted by Gasteiger charge is -2.13. The van der Waals surface area contributed by atoms with Gasteiger partial charge in [-0.1, -0.05) is 53.6 Å². The fourth-order valence-electron chi connectivity index (χ4n) is 3.26. The lowest BCUT2D eigenvalue weighted by Crippen LogP contribution is -2.32. The first-order chi connectivity index (χ1) is 12.1. The van der Waals surface area contributed by atoms with Gasteiger partial charge in [0.2, 0.25) is 11.4 Å². The summed E-state index contributed by atoms with van der Waals surface area (Å²) >= 11 is 0. The van der Waals surface area contributed by atoms with Crippen LogP contribution in [0.2, 0.25) is 0 Å². The molecule has 3 aromatic carbocycles. The Hall–Kier alpha value is -3.13. The van der Waals surface area contributed by atoms with Crippen LogP contribution in [-0.4, -0.2) is 0 Å². The van der Waals surface area contributed by atoms with E-state index in [1.54, 1.807) is 0 Å². The first-order valence-electron chi connectivity index (χ1n) is 8.43. The van der Waals surface area contributed by atoms with Gasteiger partial charge in [-0.05, 0) is 49.6 Å². The summed E-state index contributed by atoms with van der Waals surface area (Å²) in [6.45, 7) is 4.10. The summed E-state index contributed by atoms with van der Waals surface area (Å²) in [5.41, 5.74) is 5.58. The summed E-state index contributed by atoms with van der Waals surface area (Å²) in [7, 11) is 0. The summed E-state index contributed by atoms with van der Waals surface area (Å²) in [6, 6.07) is 26.2. The third kappa shape index (κ3) is 2.76. The Kier molecular flexibility index (Phi) is 3.73. The molecule has 1 heterocycles. The van der Waals surface area contributed by atoms with E-state index in [1.807, 2.05) is 80.6 Å². The van der Waals surface area contributed by atoms with Gasteiger partial charge in [-0.3, -0.25) is 0 Å². The highest BCUT2D eigenvalue weighted by Gasteiger charge is 2.20. The molecule has 2 heteroatoms. The Morgan fingerprint density at radius 1 is 0.680 bits per heavy atom. The molecule has 2 nitrogen and oxygen atoms in total. The first kappa shape index (κ1) is 15.4. The van der Waals surface area contributed by atoms with E-state index in [1.165, 1.54) is 5.56 Å². The molecule has 0 fully saturated rings. The average Bonchev–Trinajstić information content (AvgIpc) is 2.62. The molecule has 0 bridgehead atoms. The van der Waals surface area contributed by atoms with E-state index in [4.69, 9.17) is 0 Å². The normalized spacial score (nSPS) is 11.0. The second-order valence-corrected chi connectivity index (χ2v) is 6.50. The van der Waals surface area contributed by atoms with E-state index in [0.717, 1.165) is 32.2 Å². The molecular formula is C23H19NO. The van der Waals surface area contributed by atoms with E-state index < -0.39 is 0 Å². The van der Waals surface area contributed by atoms with E-state index in [0.29, 0.717) is 11.4 Å². The summed E-state index contributed by atoms with van der Waals surface area (Å²) in [6.07, 6.45) is 0. The zero-order valence-corrected chi connectivity index (χ0v) is 14.4. The molecule has 0 aliphatic heterocycles. The molecule has 0 unspecified atom stereocenters. The lowest BCUT2D eigenvalue weighted by atomic mass is 9.99. The number of aromatic nitrogens is 1. The van der Waals surface area contributed by atoms with Gasteiger partial charge in [-0.15, -0.1) is 0 Å². The first-order valence-corrected chi connectivity index (χ1v) is 8.43. The summed E-state index contributed by atoms with van der Waals surface area (Å²) in [4.78, 5) is 0. The van der Waals surface area contributed by atoms with Gasteiger partial charge in [0.05, 0.1) is 5.39 Å². The molecule has 0 saturated heterocycles. The fraction of sp³-hybridized carbons (Fsp3) is 0.0870. The standard InChI is InChI=1S/C23H19NO/c1-16-10-12-18(13-11-16)22-15-19-7-3-4-9-21(19)23(24(22)25)20-8-5-6-17(2)14-20/h3-15H,1-2H3. The highest BCUT2D eigenvalue weighted by Crippen LogP contribution is 2.30. The van der Waals surface area contributed by atoms with Gasteiger partial charge in [0.1, 0.15) is 0 Å². The van der Waals surface area contributed by atoms with Crippen molar-refractivity contribution in [1.82, 2.24) is 0 Å². The van der Waals surface area contributed by atoms with Gasteiger partial charge in [-0.2, -0.15) is 4.73 Å². The van der Waals surface area contributed by atoms with Crippen molar-refractivity contribution in [2.75, 3.05) is 0 Å². The monoisotopic (exact) mass is 325 g/mol. The number of nitrogens with zero attached hydrogens (tertiary/aromatic N) is 1. The maximum absolute atomic E-state index is 13.3. The zero-order valence-electron chi connectivity index (χ0n) is 14.4. The number of hydrogen-bond donors (Lipinski definition) is 0. The predicted molar refractivity (Wildman–Crippen MR) is 103 cm³/mol. The number of pyridine rings is 1. The van der Waals surface area contributed by atoms with Gasteiger partial charge in [-0.25, -0.2) is 0 Å². The van der Waals surface area contributed by atoms with Crippen LogP contribution in [0.1, 0.15) is 11.1 Å². The Bertz CT molecular complexity index is 1070. The number of hydrogen-bond acceptors (Lipinski definition) is 1. The molecule has 0 atom stereocenters. The van der Waals surface area contributed by atoms with Crippen molar-refractivity contribution in [3.8, 4) is 22.5 Å². The van der Waals surface area contributed by atoms with E-state index >= 15 is 0 Å². The minimum absolute atomic E-state index is 0.676. The largest absolute Gasteiger partial charge is 0.618 e. The smallest absolute Gasteiger partial charge is 0.232 e. The molecule has 0 amide bonds. The minimum atomic E-state index is 0.676. The van der Waals surface area contributed by atoms with Crippen molar-refractivity contribution in [2.45, 2.75) is 13.8 Å². The van der Waals surface area contributed by atoms with Crippen molar-refractivity contribution >= 4 is 10.8 Å². The second-order valence-electron chi connectivity index (χ2n) is 6.50. The summed E-state index contributed by atoms with van der Waals surface area (Å²) < 4.78 is 1.07. The molecule has 0 saturated carbocycles. The molecule has 0 aliphatic carbocycles. The van der Waals surface area contributed by atoms with Crippen LogP contribution in [0, 0.1) is 19.1 Å². The Labute approximate surface area is 147 Å². The SMILES string of the molecule is Cc1ccc(-c2cc3ccccc3c(-c3cccc(C)c3)[n+]2[O-])cc1. The third-order valence-corrected chi connectivity index (χ3v) is 4.57. The van der Waals surface area contributed by atoms with Gasteiger partial charge >= 0.3 is 0 Å². The molecule has 0 aliphatic rings. The van der Waals surface area contributed by atoms with Gasteiger partial charge in [0.25, 0.3) is 0 Å². The number of benzene rings is 3. The topological polar surface area (TPSA) is 26.9 Å². The maximum atomic E-state index is 13.3. The number of aryl methyl sites for hydroxylation is 2. The minimum Gasteiger partial charge on any atom is -0.618 e. The Morgan fingerprint density at radius 2 is 1.44 bits per heavy atom. The molecule has 1 aromatic heterocycles. The molecule has 25 heavy (non-hydrogen) atoms. The van der Waals surface area contributed by atoms with Crippen LogP contribution < -0.4 is 4.73 Å². The summed E-state index contributed by atoms with van der Waals surface area (Å²) in [5.74, 6) is 0. The van der Waals surface area contributed by atoms with Crippen molar-refractivity contribution in [2.24, 2.45) is 0 Å². The van der Waals surface area contributed by atoms with Crippen molar-refractivity contribution in [1.29, 1.82) is 0 Å². The maximum Gasteiger partial charge on any atom is 0.232 e. The third-order valence-electron chi connectivity index (χ3n) is 4.57. The molecule has 0 radical (unpaired) electrons. The van der Waals surface area contributed by atoms with Crippen molar-refractivity contribution in [3.63, 3.8) is 0 Å². The molecule has 4 aromatic rings. The molecule has 0 spiro atoms. The van der Waals surface area contributed by atoms with Crippen molar-refractivity contribution < 1.29 is 4.73 Å². The van der Waals surface area contributed by atoms with E-state index in [2.05, 4.69) is 12.1 Å². The highest BCUT2D eigenvalue weighted by molar-refractivity contribution is 5.94. The number of fused-ring (bicyclic) bond motifs is 1. The molecule has 122 valence electrons. The van der Waals surface area contributed by atoms with Crippen LogP contribution in [0.25, 0.3) is 33.3 Å². The van der Waals surface area contributed by atoms with Crippen LogP contribution in [0.5, 0.6) is 0 Å². The van der Waals surface area contributed by atoms with Gasteiger partial charge < -0.3 is 5.21 Å². The average molecular weight is 325 g/mol. The van der Waals surface area contributed by atoms with Gasteiger partial charge in [0, 0.05) is 17.2 Å². The van der Waals surface area contributed by atoms with E-state index in [9.17, 15) is 5.21 Å². The van der Waals surface area contributed by atoms with Crippen LogP contribution in [-0.2, 0) is 0 Å². The van der Waals surface area contributed by atoms with Crippen LogP contribution >= 0.6 is 0 Å². The Balaban J connectivity index is 2.06. The summed E-state index contributed by atoms with van der Waals surface area (Å²) in [5, 5.41) is 15.3. The second kappa shape index (κ2) is 6.06. The molecule has 0 N–H and O–H groups in total. The lowest BCUT2D eigenvalue weighted by molar-refractivity contribution is -0.580. The molecule has 4 rings (SSSR count). The fourth-order valence-corrected chi connectivity index (χ4v) is 3.26. The van der Waals surface area contributed by atoms with Crippen LogP contribution in [0.15, 0.2) is 78.9 Å². The quantitative estimate of drug-likeness (QED) is 0.357. The van der Waals surface area contributed by atoms with Gasteiger partial charge in [0.15, 0.2) is 0 Å².